The predicted octanol–water partition coefficient (Wildman–Crippen LogP) is 3.03. The Morgan fingerprint density at radius 3 is 2.46 bits per heavy atom. The topological polar surface area (TPSA) is 159 Å². The number of hydrogen-bond donors (Lipinski definition) is 3. The van der Waals surface area contributed by atoms with Gasteiger partial charge in [-0.3, -0.25) is 14.4 Å². The third-order valence-electron chi connectivity index (χ3n) is 9.14. The molecule has 0 aromatic heterocycles. The molecule has 12 heteroatoms. The summed E-state index contributed by atoms with van der Waals surface area (Å²) in [7, 11) is 0. The molecule has 0 unspecified atom stereocenters. The van der Waals surface area contributed by atoms with Crippen molar-refractivity contribution in [1.82, 2.24) is 10.6 Å². The van der Waals surface area contributed by atoms with Crippen LogP contribution in [-0.2, 0) is 43.2 Å². The number of hydrogen-bond acceptors (Lipinski definition) is 9. The van der Waals surface area contributed by atoms with Crippen LogP contribution in [-0.4, -0.2) is 65.4 Å². The molecule has 0 radical (unpaired) electrons. The Bertz CT molecular complexity index is 991. The van der Waals surface area contributed by atoms with E-state index in [2.05, 4.69) is 17.6 Å². The highest BCUT2D eigenvalue weighted by atomic mass is 17.3. The highest BCUT2D eigenvalue weighted by molar-refractivity contribution is 5.83. The van der Waals surface area contributed by atoms with Gasteiger partial charge in [0, 0.05) is 37.6 Å². The van der Waals surface area contributed by atoms with E-state index in [1.807, 2.05) is 27.7 Å². The molecule has 3 N–H and O–H groups in total. The number of carbonyl (C=O) groups excluding carboxylic acids is 3. The maximum atomic E-state index is 12.7. The van der Waals surface area contributed by atoms with Crippen LogP contribution in [0, 0.1) is 29.6 Å². The zero-order valence-electron chi connectivity index (χ0n) is 24.8. The number of carboxylic acids is 1. The van der Waals surface area contributed by atoms with Gasteiger partial charge in [0.15, 0.2) is 11.9 Å². The molecule has 232 valence electrons. The van der Waals surface area contributed by atoms with E-state index in [0.29, 0.717) is 25.2 Å². The first-order chi connectivity index (χ1) is 19.3. The molecule has 9 atom stereocenters. The van der Waals surface area contributed by atoms with Gasteiger partial charge in [0.1, 0.15) is 6.04 Å². The number of fused-ring (bicyclic) bond motifs is 2. The van der Waals surface area contributed by atoms with Crippen LogP contribution in [0.15, 0.2) is 0 Å². The summed E-state index contributed by atoms with van der Waals surface area (Å²) in [5.74, 6) is -2.61. The smallest absolute Gasteiger partial charge is 0.326 e. The van der Waals surface area contributed by atoms with Crippen molar-refractivity contribution < 1.29 is 48.3 Å². The van der Waals surface area contributed by atoms with Crippen molar-refractivity contribution in [2.75, 3.05) is 6.54 Å². The lowest BCUT2D eigenvalue weighted by Gasteiger charge is -2.59. The summed E-state index contributed by atoms with van der Waals surface area (Å²) in [5, 5.41) is 14.5. The number of nitrogens with one attached hydrogen (secondary N) is 2. The van der Waals surface area contributed by atoms with Crippen LogP contribution >= 0.6 is 0 Å². The quantitative estimate of drug-likeness (QED) is 0.177. The van der Waals surface area contributed by atoms with Crippen molar-refractivity contribution in [3.8, 4) is 0 Å². The van der Waals surface area contributed by atoms with E-state index in [-0.39, 0.29) is 61.3 Å². The molecule has 0 aromatic rings. The summed E-state index contributed by atoms with van der Waals surface area (Å²) >= 11 is 0. The second-order valence-electron chi connectivity index (χ2n) is 12.8. The standard InChI is InChI=1S/C29H46N2O10/c1-16(2)15-21(25(35)36)31-23(33)7-6-14-30-22(32)10-11-24(34)37-26-18(4)20-9-8-17(3)19-12-13-28(5)39-27(38-26)29(19,20)41-40-28/h16-21,26-27H,6-15H2,1-5H3,(H,30,32)(H,31,33)(H,35,36)/t17-,18+,19+,20-,21+,26-,27+,28-,29-/m1/s1. The van der Waals surface area contributed by atoms with Gasteiger partial charge < -0.3 is 30.0 Å². The van der Waals surface area contributed by atoms with Gasteiger partial charge in [0.25, 0.3) is 0 Å². The lowest BCUT2D eigenvalue weighted by molar-refractivity contribution is -0.576. The monoisotopic (exact) mass is 582 g/mol. The largest absolute Gasteiger partial charge is 0.480 e. The first-order valence-electron chi connectivity index (χ1n) is 15.0. The second-order valence-corrected chi connectivity index (χ2v) is 12.8. The van der Waals surface area contributed by atoms with E-state index in [4.69, 9.17) is 24.0 Å². The summed E-state index contributed by atoms with van der Waals surface area (Å²) in [4.78, 5) is 60.3. The van der Waals surface area contributed by atoms with E-state index >= 15 is 0 Å². The van der Waals surface area contributed by atoms with E-state index in [0.717, 1.165) is 19.3 Å². The van der Waals surface area contributed by atoms with Crippen LogP contribution in [0.2, 0.25) is 0 Å². The molecule has 5 fully saturated rings. The fraction of sp³-hybridized carbons (Fsp3) is 0.862. The summed E-state index contributed by atoms with van der Waals surface area (Å²) in [6.45, 7) is 10.1. The molecule has 4 heterocycles. The Labute approximate surface area is 241 Å². The van der Waals surface area contributed by atoms with E-state index in [9.17, 15) is 24.3 Å². The van der Waals surface area contributed by atoms with Crippen molar-refractivity contribution in [2.45, 2.75) is 122 Å². The lowest BCUT2D eigenvalue weighted by Crippen LogP contribution is -2.70. The number of aliphatic carboxylic acids is 1. The Morgan fingerprint density at radius 1 is 1.00 bits per heavy atom. The van der Waals surface area contributed by atoms with Gasteiger partial charge in [-0.2, -0.15) is 0 Å². The molecule has 41 heavy (non-hydrogen) atoms. The van der Waals surface area contributed by atoms with Crippen molar-refractivity contribution in [3.05, 3.63) is 0 Å². The van der Waals surface area contributed by atoms with Crippen LogP contribution < -0.4 is 10.6 Å². The molecule has 1 aliphatic carbocycles. The summed E-state index contributed by atoms with van der Waals surface area (Å²) in [5.41, 5.74) is -0.740. The Morgan fingerprint density at radius 2 is 1.76 bits per heavy atom. The maximum absolute atomic E-state index is 12.7. The van der Waals surface area contributed by atoms with E-state index < -0.39 is 41.9 Å². The van der Waals surface area contributed by atoms with Gasteiger partial charge in [0.05, 0.1) is 6.42 Å². The van der Waals surface area contributed by atoms with Crippen LogP contribution in [0.25, 0.3) is 0 Å². The zero-order chi connectivity index (χ0) is 29.9. The molecular formula is C29H46N2O10. The number of carbonyl (C=O) groups is 4. The predicted molar refractivity (Wildman–Crippen MR) is 143 cm³/mol. The minimum Gasteiger partial charge on any atom is -0.480 e. The minimum absolute atomic E-state index is 0.0274. The number of rotatable bonds is 12. The van der Waals surface area contributed by atoms with E-state index in [1.165, 1.54) is 0 Å². The van der Waals surface area contributed by atoms with Gasteiger partial charge in [-0.05, 0) is 56.8 Å². The van der Waals surface area contributed by atoms with Gasteiger partial charge in [0.2, 0.25) is 23.9 Å². The van der Waals surface area contributed by atoms with Crippen molar-refractivity contribution in [1.29, 1.82) is 0 Å². The molecule has 1 spiro atoms. The Hall–Kier alpha value is -2.28. The third-order valence-corrected chi connectivity index (χ3v) is 9.14. The van der Waals surface area contributed by atoms with Crippen molar-refractivity contribution >= 4 is 23.8 Å². The van der Waals surface area contributed by atoms with Crippen molar-refractivity contribution in [2.24, 2.45) is 29.6 Å². The fourth-order valence-electron chi connectivity index (χ4n) is 6.94. The number of amides is 2. The maximum Gasteiger partial charge on any atom is 0.326 e. The molecular weight excluding hydrogens is 536 g/mol. The number of esters is 1. The number of carboxylic acid groups (broad SMARTS) is 1. The summed E-state index contributed by atoms with van der Waals surface area (Å²) < 4.78 is 18.3. The summed E-state index contributed by atoms with van der Waals surface area (Å²) in [6.07, 6.45) is 2.56. The SMILES string of the molecule is CC(C)C[C@H](NC(=O)CCCNC(=O)CCC(=O)O[C@@H]1O[C@H]2O[C@@]3(C)CC[C@H]4[C@H](C)CC[C@H]([C@@H]1C)[C@@]24OO3)C(=O)O. The number of ether oxygens (including phenoxy) is 3. The Balaban J connectivity index is 1.21. The second kappa shape index (κ2) is 12.9. The van der Waals surface area contributed by atoms with Gasteiger partial charge in [-0.25, -0.2) is 14.6 Å². The van der Waals surface area contributed by atoms with E-state index in [1.54, 1.807) is 0 Å². The first-order valence-corrected chi connectivity index (χ1v) is 15.0. The molecule has 2 bridgehead atoms. The Kier molecular flexibility index (Phi) is 9.98. The molecule has 5 rings (SSSR count). The molecule has 0 aromatic carbocycles. The van der Waals surface area contributed by atoms with Crippen LogP contribution in [0.5, 0.6) is 0 Å². The highest BCUT2D eigenvalue weighted by Crippen LogP contribution is 2.60. The normalized spacial score (nSPS) is 36.5. The molecule has 12 nitrogen and oxygen atoms in total. The molecule has 4 aliphatic heterocycles. The van der Waals surface area contributed by atoms with Crippen molar-refractivity contribution in [3.63, 3.8) is 0 Å². The first kappa shape index (κ1) is 31.7. The fourth-order valence-corrected chi connectivity index (χ4v) is 6.94. The van der Waals surface area contributed by atoms with Gasteiger partial charge in [-0.1, -0.05) is 27.7 Å². The molecule has 2 amide bonds. The van der Waals surface area contributed by atoms with Crippen LogP contribution in [0.3, 0.4) is 0 Å². The average molecular weight is 583 g/mol. The minimum atomic E-state index is -1.07. The van der Waals surface area contributed by atoms with Crippen LogP contribution in [0.4, 0.5) is 0 Å². The average Bonchev–Trinajstić information content (AvgIpc) is 3.13. The zero-order valence-corrected chi connectivity index (χ0v) is 24.8. The van der Waals surface area contributed by atoms with Gasteiger partial charge in [-0.15, -0.1) is 0 Å². The molecule has 5 aliphatic rings. The molecule has 1 saturated carbocycles. The highest BCUT2D eigenvalue weighted by Gasteiger charge is 2.69. The van der Waals surface area contributed by atoms with Gasteiger partial charge >= 0.3 is 11.9 Å². The summed E-state index contributed by atoms with van der Waals surface area (Å²) in [6, 6.07) is -0.930. The van der Waals surface area contributed by atoms with Crippen LogP contribution in [0.1, 0.15) is 92.4 Å². The molecule has 4 saturated heterocycles. The lowest BCUT2D eigenvalue weighted by atomic mass is 9.58. The third kappa shape index (κ3) is 7.03.